The van der Waals surface area contributed by atoms with E-state index in [-0.39, 0.29) is 6.10 Å². The molecule has 1 saturated heterocycles. The van der Waals surface area contributed by atoms with Crippen LogP contribution in [0, 0.1) is 0 Å². The molecule has 1 unspecified atom stereocenters. The third-order valence-electron chi connectivity index (χ3n) is 3.71. The van der Waals surface area contributed by atoms with Crippen molar-refractivity contribution in [2.45, 2.75) is 25.4 Å². The second-order valence-electron chi connectivity index (χ2n) is 5.14. The largest absolute Gasteiger partial charge is 0.374 e. The third kappa shape index (κ3) is 2.47. The topological polar surface area (TPSA) is 50.3 Å². The summed E-state index contributed by atoms with van der Waals surface area (Å²) in [5, 5.41) is 3.43. The van der Waals surface area contributed by atoms with Crippen LogP contribution in [-0.4, -0.2) is 54.3 Å². The fraction of sp³-hybridized carbons (Fsp3) is 0.692. The average Bonchev–Trinajstić information content (AvgIpc) is 2.85. The Morgan fingerprint density at radius 1 is 1.44 bits per heavy atom. The summed E-state index contributed by atoms with van der Waals surface area (Å²) in [6.07, 6.45) is 5.32. The van der Waals surface area contributed by atoms with Crippen molar-refractivity contribution < 1.29 is 4.74 Å². The molecule has 1 fully saturated rings. The van der Waals surface area contributed by atoms with Gasteiger partial charge in [-0.15, -0.1) is 0 Å². The highest BCUT2D eigenvalue weighted by Crippen LogP contribution is 2.25. The molecule has 1 aliphatic carbocycles. The van der Waals surface area contributed by atoms with Gasteiger partial charge in [0.2, 0.25) is 0 Å². The molecule has 5 heteroatoms. The van der Waals surface area contributed by atoms with Crippen LogP contribution in [0.25, 0.3) is 0 Å². The lowest BCUT2D eigenvalue weighted by Gasteiger charge is -2.30. The van der Waals surface area contributed by atoms with Crippen LogP contribution in [0.1, 0.15) is 17.7 Å². The number of fused-ring (bicyclic) bond motifs is 1. The Balaban J connectivity index is 1.61. The Morgan fingerprint density at radius 2 is 2.39 bits per heavy atom. The molecule has 0 spiro atoms. The molecule has 3 rings (SSSR count). The van der Waals surface area contributed by atoms with Crippen LogP contribution in [0.4, 0.5) is 5.82 Å². The van der Waals surface area contributed by atoms with Crippen LogP contribution in [-0.2, 0) is 17.6 Å². The highest BCUT2D eigenvalue weighted by atomic mass is 16.5. The number of morpholine rings is 1. The molecule has 1 atom stereocenters. The Labute approximate surface area is 108 Å². The standard InChI is InChI=1S/C13H20N4O/c1-17-5-6-18-10(8-17)7-14-13-11-3-2-4-12(11)15-9-16-13/h9-10H,2-8H2,1H3,(H,14,15,16). The van der Waals surface area contributed by atoms with Crippen LogP contribution in [0.2, 0.25) is 0 Å². The maximum absolute atomic E-state index is 5.74. The highest BCUT2D eigenvalue weighted by Gasteiger charge is 2.20. The first-order valence-electron chi connectivity index (χ1n) is 6.69. The third-order valence-corrected chi connectivity index (χ3v) is 3.71. The normalized spacial score (nSPS) is 23.9. The van der Waals surface area contributed by atoms with Crippen LogP contribution in [0.3, 0.4) is 0 Å². The van der Waals surface area contributed by atoms with Gasteiger partial charge in [-0.3, -0.25) is 0 Å². The van der Waals surface area contributed by atoms with Gasteiger partial charge in [-0.05, 0) is 26.3 Å². The number of rotatable bonds is 3. The van der Waals surface area contributed by atoms with Crippen molar-refractivity contribution in [1.29, 1.82) is 0 Å². The zero-order valence-electron chi connectivity index (χ0n) is 10.9. The van der Waals surface area contributed by atoms with E-state index in [0.717, 1.165) is 44.9 Å². The van der Waals surface area contributed by atoms with E-state index in [9.17, 15) is 0 Å². The molecule has 1 aliphatic heterocycles. The van der Waals surface area contributed by atoms with E-state index in [1.807, 2.05) is 0 Å². The monoisotopic (exact) mass is 248 g/mol. The predicted molar refractivity (Wildman–Crippen MR) is 69.8 cm³/mol. The lowest BCUT2D eigenvalue weighted by Crippen LogP contribution is -2.43. The van der Waals surface area contributed by atoms with Crippen molar-refractivity contribution in [3.8, 4) is 0 Å². The Kier molecular flexibility index (Phi) is 3.43. The van der Waals surface area contributed by atoms with Gasteiger partial charge in [0, 0.05) is 30.9 Å². The van der Waals surface area contributed by atoms with E-state index in [2.05, 4.69) is 27.2 Å². The number of nitrogens with one attached hydrogen (secondary N) is 1. The Morgan fingerprint density at radius 3 is 3.28 bits per heavy atom. The van der Waals surface area contributed by atoms with Crippen molar-refractivity contribution in [1.82, 2.24) is 14.9 Å². The number of anilines is 1. The maximum Gasteiger partial charge on any atom is 0.132 e. The first-order chi connectivity index (χ1) is 8.83. The summed E-state index contributed by atoms with van der Waals surface area (Å²) < 4.78 is 5.74. The summed E-state index contributed by atoms with van der Waals surface area (Å²) in [7, 11) is 2.14. The molecule has 1 aromatic heterocycles. The molecule has 1 N–H and O–H groups in total. The predicted octanol–water partition coefficient (Wildman–Crippen LogP) is 0.708. The molecule has 0 bridgehead atoms. The van der Waals surface area contributed by atoms with Crippen molar-refractivity contribution in [2.24, 2.45) is 0 Å². The molecule has 1 aromatic rings. The number of aromatic nitrogens is 2. The van der Waals surface area contributed by atoms with Crippen molar-refractivity contribution in [3.63, 3.8) is 0 Å². The summed E-state index contributed by atoms with van der Waals surface area (Å²) in [6, 6.07) is 0. The summed E-state index contributed by atoms with van der Waals surface area (Å²) in [4.78, 5) is 11.0. The molecule has 5 nitrogen and oxygen atoms in total. The molecule has 2 heterocycles. The Hall–Kier alpha value is -1.20. The van der Waals surface area contributed by atoms with Crippen LogP contribution >= 0.6 is 0 Å². The van der Waals surface area contributed by atoms with Gasteiger partial charge in [-0.1, -0.05) is 0 Å². The zero-order chi connectivity index (χ0) is 12.4. The number of hydrogen-bond acceptors (Lipinski definition) is 5. The van der Waals surface area contributed by atoms with E-state index in [0.29, 0.717) is 0 Å². The van der Waals surface area contributed by atoms with Gasteiger partial charge in [0.25, 0.3) is 0 Å². The summed E-state index contributed by atoms with van der Waals surface area (Å²) in [6.45, 7) is 3.66. The highest BCUT2D eigenvalue weighted by molar-refractivity contribution is 5.47. The van der Waals surface area contributed by atoms with Crippen LogP contribution in [0.5, 0.6) is 0 Å². The summed E-state index contributed by atoms with van der Waals surface area (Å²) in [5.74, 6) is 1.01. The van der Waals surface area contributed by atoms with Crippen molar-refractivity contribution in [3.05, 3.63) is 17.6 Å². The summed E-state index contributed by atoms with van der Waals surface area (Å²) in [5.41, 5.74) is 2.52. The number of nitrogens with zero attached hydrogens (tertiary/aromatic N) is 3. The molecule has 0 aromatic carbocycles. The first-order valence-corrected chi connectivity index (χ1v) is 6.69. The van der Waals surface area contributed by atoms with Gasteiger partial charge >= 0.3 is 0 Å². The molecular weight excluding hydrogens is 228 g/mol. The van der Waals surface area contributed by atoms with Gasteiger partial charge in [0.15, 0.2) is 0 Å². The molecule has 18 heavy (non-hydrogen) atoms. The molecule has 0 radical (unpaired) electrons. The average molecular weight is 248 g/mol. The van der Waals surface area contributed by atoms with Crippen molar-refractivity contribution in [2.75, 3.05) is 38.6 Å². The van der Waals surface area contributed by atoms with E-state index < -0.39 is 0 Å². The van der Waals surface area contributed by atoms with E-state index in [4.69, 9.17) is 4.74 Å². The number of hydrogen-bond donors (Lipinski definition) is 1. The van der Waals surface area contributed by atoms with Gasteiger partial charge in [-0.25, -0.2) is 9.97 Å². The molecule has 0 saturated carbocycles. The molecule has 0 amide bonds. The second-order valence-corrected chi connectivity index (χ2v) is 5.14. The van der Waals surface area contributed by atoms with Gasteiger partial charge < -0.3 is 15.0 Å². The molecule has 98 valence electrons. The summed E-state index contributed by atoms with van der Waals surface area (Å²) >= 11 is 0. The smallest absolute Gasteiger partial charge is 0.132 e. The number of ether oxygens (including phenoxy) is 1. The fourth-order valence-corrected chi connectivity index (χ4v) is 2.71. The lowest BCUT2D eigenvalue weighted by molar-refractivity contribution is -0.0117. The van der Waals surface area contributed by atoms with Gasteiger partial charge in [0.1, 0.15) is 12.1 Å². The fourth-order valence-electron chi connectivity index (χ4n) is 2.71. The minimum atomic E-state index is 0.260. The number of likely N-dealkylation sites (N-methyl/N-ethyl adjacent to an activating group) is 1. The maximum atomic E-state index is 5.74. The van der Waals surface area contributed by atoms with Gasteiger partial charge in [0.05, 0.1) is 12.7 Å². The zero-order valence-corrected chi connectivity index (χ0v) is 10.9. The van der Waals surface area contributed by atoms with Crippen molar-refractivity contribution >= 4 is 5.82 Å². The first kappa shape index (κ1) is 11.9. The lowest BCUT2D eigenvalue weighted by atomic mass is 10.2. The van der Waals surface area contributed by atoms with E-state index in [1.54, 1.807) is 6.33 Å². The van der Waals surface area contributed by atoms with Crippen LogP contribution in [0.15, 0.2) is 6.33 Å². The Bertz CT molecular complexity index is 423. The van der Waals surface area contributed by atoms with Gasteiger partial charge in [-0.2, -0.15) is 0 Å². The second kappa shape index (κ2) is 5.20. The minimum Gasteiger partial charge on any atom is -0.374 e. The van der Waals surface area contributed by atoms with Crippen LogP contribution < -0.4 is 5.32 Å². The number of aryl methyl sites for hydroxylation is 1. The van der Waals surface area contributed by atoms with E-state index in [1.165, 1.54) is 17.7 Å². The molecule has 2 aliphatic rings. The SMILES string of the molecule is CN1CCOC(CNc2ncnc3c2CCC3)C1. The van der Waals surface area contributed by atoms with E-state index >= 15 is 0 Å². The quantitative estimate of drug-likeness (QED) is 0.853. The minimum absolute atomic E-state index is 0.260. The molecular formula is C13H20N4O.